The third kappa shape index (κ3) is 4.23. The van der Waals surface area contributed by atoms with Crippen LogP contribution in [0.4, 0.5) is 0 Å². The van der Waals surface area contributed by atoms with Gasteiger partial charge in [0.05, 0.1) is 0 Å². The van der Waals surface area contributed by atoms with Crippen molar-refractivity contribution in [2.24, 2.45) is 0 Å². The van der Waals surface area contributed by atoms with Crippen LogP contribution in [0, 0.1) is 0 Å². The van der Waals surface area contributed by atoms with E-state index in [-0.39, 0.29) is 5.97 Å². The number of hydrogen-bond acceptors (Lipinski definition) is 3. The van der Waals surface area contributed by atoms with Crippen LogP contribution in [0.25, 0.3) is 0 Å². The fraction of sp³-hybridized carbons (Fsp3) is 0.444. The predicted octanol–water partition coefficient (Wildman–Crippen LogP) is 2.68. The maximum absolute atomic E-state index is 11.0. The van der Waals surface area contributed by atoms with Gasteiger partial charge in [-0.1, -0.05) is 31.6 Å². The fourth-order valence-electron chi connectivity index (χ4n) is 0.794. The van der Waals surface area contributed by atoms with Crippen LogP contribution in [-0.4, -0.2) is 5.97 Å². The average Bonchev–Trinajstić information content (AvgIpc) is 2.11. The van der Waals surface area contributed by atoms with Gasteiger partial charge in [-0.25, -0.2) is 4.79 Å². The Morgan fingerprint density at radius 2 is 2.25 bits per heavy atom. The molecular weight excluding hydrogens is 172 g/mol. The van der Waals surface area contributed by atoms with Crippen molar-refractivity contribution in [3.8, 4) is 0 Å². The molecule has 0 amide bonds. The summed E-state index contributed by atoms with van der Waals surface area (Å²) in [6, 6.07) is 0. The van der Waals surface area contributed by atoms with Crippen molar-refractivity contribution in [3.63, 3.8) is 0 Å². The molecule has 0 unspecified atom stereocenters. The Morgan fingerprint density at radius 3 is 2.67 bits per heavy atom. The van der Waals surface area contributed by atoms with E-state index < -0.39 is 0 Å². The molecule has 0 spiro atoms. The van der Waals surface area contributed by atoms with Gasteiger partial charge >= 0.3 is 5.97 Å². The first-order chi connectivity index (χ1) is 5.76. The van der Waals surface area contributed by atoms with Crippen LogP contribution in [0.1, 0.15) is 26.7 Å². The maximum atomic E-state index is 11.0. The number of allylic oxidation sites excluding steroid dienone is 3. The lowest BCUT2D eigenvalue weighted by Gasteiger charge is -1.99. The first-order valence-electron chi connectivity index (χ1n) is 3.93. The van der Waals surface area contributed by atoms with Gasteiger partial charge in [0.1, 0.15) is 0 Å². The van der Waals surface area contributed by atoms with Crippen LogP contribution in [-0.2, 0) is 8.98 Å². The van der Waals surface area contributed by atoms with E-state index in [1.807, 2.05) is 26.0 Å². The minimum atomic E-state index is -0.363. The second-order valence-electron chi connectivity index (χ2n) is 2.35. The molecule has 0 aromatic heterocycles. The van der Waals surface area contributed by atoms with Gasteiger partial charge < -0.3 is 4.18 Å². The summed E-state index contributed by atoms with van der Waals surface area (Å²) in [7, 11) is 0. The summed E-state index contributed by atoms with van der Waals surface area (Å²) < 4.78 is 4.32. The Hall–Kier alpha value is -0.700. The molecule has 0 aromatic rings. The van der Waals surface area contributed by atoms with Crippen LogP contribution in [0.5, 0.6) is 0 Å². The van der Waals surface area contributed by atoms with Crippen molar-refractivity contribution in [2.75, 3.05) is 0 Å². The first-order valence-corrected chi connectivity index (χ1v) is 4.30. The van der Waals surface area contributed by atoms with E-state index in [0.717, 1.165) is 12.8 Å². The first kappa shape index (κ1) is 11.3. The zero-order valence-corrected chi connectivity index (χ0v) is 8.30. The lowest BCUT2D eigenvalue weighted by Crippen LogP contribution is -2.01. The molecule has 0 atom stereocenters. The Balaban J connectivity index is 4.31. The van der Waals surface area contributed by atoms with Gasteiger partial charge in [-0.15, -0.1) is 0 Å². The molecule has 3 heteroatoms. The summed E-state index contributed by atoms with van der Waals surface area (Å²) >= 11 is 3.46. The van der Waals surface area contributed by atoms with Crippen molar-refractivity contribution in [2.45, 2.75) is 26.7 Å². The van der Waals surface area contributed by atoms with E-state index in [4.69, 9.17) is 0 Å². The summed E-state index contributed by atoms with van der Waals surface area (Å²) in [5, 5.41) is 0. The molecule has 0 heterocycles. The molecule has 0 bridgehead atoms. The normalized spacial score (nSPS) is 12.1. The quantitative estimate of drug-likeness (QED) is 0.316. The van der Waals surface area contributed by atoms with E-state index >= 15 is 0 Å². The van der Waals surface area contributed by atoms with Gasteiger partial charge in [0.25, 0.3) is 0 Å². The van der Waals surface area contributed by atoms with Crippen molar-refractivity contribution in [3.05, 3.63) is 23.8 Å². The number of hydrogen-bond donors (Lipinski definition) is 1. The molecule has 0 saturated heterocycles. The molecule has 2 nitrogen and oxygen atoms in total. The van der Waals surface area contributed by atoms with Crippen LogP contribution >= 0.6 is 12.9 Å². The summed E-state index contributed by atoms with van der Waals surface area (Å²) in [6.45, 7) is 3.90. The minimum absolute atomic E-state index is 0.363. The van der Waals surface area contributed by atoms with Gasteiger partial charge in [-0.2, -0.15) is 0 Å². The zero-order valence-electron chi connectivity index (χ0n) is 7.41. The molecule has 0 aliphatic rings. The van der Waals surface area contributed by atoms with Crippen molar-refractivity contribution >= 4 is 18.9 Å². The topological polar surface area (TPSA) is 26.3 Å². The third-order valence-electron chi connectivity index (χ3n) is 1.35. The maximum Gasteiger partial charge on any atom is 0.345 e. The van der Waals surface area contributed by atoms with E-state index in [1.165, 1.54) is 0 Å². The molecule has 0 radical (unpaired) electrons. The highest BCUT2D eigenvalue weighted by atomic mass is 32.1. The third-order valence-corrected chi connectivity index (χ3v) is 1.52. The second-order valence-corrected chi connectivity index (χ2v) is 2.53. The highest BCUT2D eigenvalue weighted by Gasteiger charge is 2.06. The molecule has 0 aliphatic carbocycles. The number of thiol groups is 1. The van der Waals surface area contributed by atoms with Gasteiger partial charge in [0, 0.05) is 18.5 Å². The van der Waals surface area contributed by atoms with Crippen LogP contribution in [0.2, 0.25) is 0 Å². The molecule has 0 fully saturated rings. The Bertz CT molecular complexity index is 195. The summed E-state index contributed by atoms with van der Waals surface area (Å²) in [5.41, 5.74) is 0.658. The Kier molecular flexibility index (Phi) is 6.57. The molecule has 0 aromatic carbocycles. The number of carbonyl (C=O) groups is 1. The van der Waals surface area contributed by atoms with Crippen molar-refractivity contribution in [1.82, 2.24) is 0 Å². The highest BCUT2D eigenvalue weighted by molar-refractivity contribution is 7.75. The van der Waals surface area contributed by atoms with E-state index in [0.29, 0.717) is 5.57 Å². The van der Waals surface area contributed by atoms with Crippen LogP contribution in [0.3, 0.4) is 0 Å². The molecule has 0 saturated carbocycles. The largest absolute Gasteiger partial charge is 0.391 e. The van der Waals surface area contributed by atoms with Gasteiger partial charge in [-0.05, 0) is 13.3 Å². The standard InChI is InChI=1S/C9H14O2S/c1-3-5-7-8(6-4-2)9(10)11-12/h3,5,7,12H,4,6H2,1-2H3. The monoisotopic (exact) mass is 186 g/mol. The molecule has 12 heavy (non-hydrogen) atoms. The molecule has 0 aliphatic heterocycles. The lowest BCUT2D eigenvalue weighted by atomic mass is 10.1. The average molecular weight is 186 g/mol. The van der Waals surface area contributed by atoms with Gasteiger partial charge in [0.2, 0.25) is 0 Å². The smallest absolute Gasteiger partial charge is 0.345 e. The molecule has 68 valence electrons. The zero-order chi connectivity index (χ0) is 9.40. The SMILES string of the molecule is CC=CC=C(CCC)C(=O)OS. The van der Waals surface area contributed by atoms with Crippen LogP contribution < -0.4 is 0 Å². The molecule has 0 N–H and O–H groups in total. The van der Waals surface area contributed by atoms with Gasteiger partial charge in [-0.3, -0.25) is 0 Å². The van der Waals surface area contributed by atoms with Crippen molar-refractivity contribution < 1.29 is 8.98 Å². The summed E-state index contributed by atoms with van der Waals surface area (Å²) in [4.78, 5) is 11.0. The predicted molar refractivity (Wildman–Crippen MR) is 52.9 cm³/mol. The van der Waals surface area contributed by atoms with Crippen molar-refractivity contribution in [1.29, 1.82) is 0 Å². The molecule has 0 rings (SSSR count). The fourth-order valence-corrected chi connectivity index (χ4v) is 0.911. The highest BCUT2D eigenvalue weighted by Crippen LogP contribution is 2.08. The Labute approximate surface area is 78.9 Å². The summed E-state index contributed by atoms with van der Waals surface area (Å²) in [5.74, 6) is -0.363. The summed E-state index contributed by atoms with van der Waals surface area (Å²) in [6.07, 6.45) is 7.08. The Morgan fingerprint density at radius 1 is 1.58 bits per heavy atom. The van der Waals surface area contributed by atoms with Crippen LogP contribution in [0.15, 0.2) is 23.8 Å². The van der Waals surface area contributed by atoms with E-state index in [2.05, 4.69) is 17.1 Å². The van der Waals surface area contributed by atoms with E-state index in [1.54, 1.807) is 6.08 Å². The number of carbonyl (C=O) groups excluding carboxylic acids is 1. The van der Waals surface area contributed by atoms with E-state index in [9.17, 15) is 4.79 Å². The van der Waals surface area contributed by atoms with Gasteiger partial charge in [0.15, 0.2) is 0 Å². The molecular formula is C9H14O2S. The second kappa shape index (κ2) is 6.98. The lowest BCUT2D eigenvalue weighted by molar-refractivity contribution is -0.128. The minimum Gasteiger partial charge on any atom is -0.391 e. The number of rotatable bonds is 4.